The molecule has 0 heterocycles. The molecule has 1 aromatic rings. The topological polar surface area (TPSA) is 33.0 Å². The average Bonchev–Trinajstić information content (AvgIpc) is 2.30. The molecule has 1 rings (SSSR count). The van der Waals surface area contributed by atoms with E-state index in [9.17, 15) is 0 Å². The molecule has 0 aliphatic rings. The third-order valence-corrected chi connectivity index (χ3v) is 3.09. The number of thioether (sulfide) groups is 1. The maximum atomic E-state index is 8.33. The van der Waals surface area contributed by atoms with E-state index in [1.807, 2.05) is 24.3 Å². The third-order valence-electron chi connectivity index (χ3n) is 1.93. The van der Waals surface area contributed by atoms with Gasteiger partial charge in [-0.25, -0.2) is 0 Å². The Hall–Kier alpha value is -0.850. The largest absolute Gasteiger partial charge is 0.494 e. The van der Waals surface area contributed by atoms with Gasteiger partial charge >= 0.3 is 0 Å². The summed E-state index contributed by atoms with van der Waals surface area (Å²) < 4.78 is 5.53. The molecule has 0 radical (unpaired) electrons. The van der Waals surface area contributed by atoms with Gasteiger partial charge in [0.25, 0.3) is 0 Å². The van der Waals surface area contributed by atoms with E-state index < -0.39 is 0 Å². The Balaban J connectivity index is 2.03. The van der Waals surface area contributed by atoms with Crippen LogP contribution in [0.2, 0.25) is 5.02 Å². The SMILES string of the molecule is N#CCSCCCCOc1ccc(Cl)cc1. The molecule has 2 nitrogen and oxygen atoms in total. The number of unbranched alkanes of at least 4 members (excludes halogenated alkanes) is 1. The Bertz CT molecular complexity index is 334. The van der Waals surface area contributed by atoms with Gasteiger partial charge in [-0.2, -0.15) is 5.26 Å². The van der Waals surface area contributed by atoms with Gasteiger partial charge in [0.15, 0.2) is 0 Å². The zero-order valence-corrected chi connectivity index (χ0v) is 10.6. The molecular formula is C12H14ClNOS. The summed E-state index contributed by atoms with van der Waals surface area (Å²) in [6, 6.07) is 9.48. The number of ether oxygens (including phenoxy) is 1. The van der Waals surface area contributed by atoms with Crippen molar-refractivity contribution in [3.8, 4) is 11.8 Å². The molecule has 0 aliphatic carbocycles. The lowest BCUT2D eigenvalue weighted by molar-refractivity contribution is 0.310. The monoisotopic (exact) mass is 255 g/mol. The molecule has 16 heavy (non-hydrogen) atoms. The predicted octanol–water partition coefficient (Wildman–Crippen LogP) is 3.76. The molecule has 0 atom stereocenters. The second-order valence-electron chi connectivity index (χ2n) is 3.22. The molecule has 0 spiro atoms. The zero-order chi connectivity index (χ0) is 11.6. The maximum absolute atomic E-state index is 8.33. The highest BCUT2D eigenvalue weighted by molar-refractivity contribution is 7.99. The lowest BCUT2D eigenvalue weighted by Crippen LogP contribution is -1.97. The molecule has 4 heteroatoms. The fraction of sp³-hybridized carbons (Fsp3) is 0.417. The second kappa shape index (κ2) is 8.32. The fourth-order valence-corrected chi connectivity index (χ4v) is 1.91. The molecule has 1 aromatic carbocycles. The van der Waals surface area contributed by atoms with Crippen molar-refractivity contribution < 1.29 is 4.74 Å². The molecule has 0 aromatic heterocycles. The first-order valence-corrected chi connectivity index (χ1v) is 6.69. The first-order valence-electron chi connectivity index (χ1n) is 5.16. The molecule has 0 saturated carbocycles. The Morgan fingerprint density at radius 3 is 2.69 bits per heavy atom. The number of nitriles is 1. The van der Waals surface area contributed by atoms with Gasteiger partial charge in [0.2, 0.25) is 0 Å². The number of benzene rings is 1. The number of hydrogen-bond acceptors (Lipinski definition) is 3. The summed E-state index contributed by atoms with van der Waals surface area (Å²) in [7, 11) is 0. The van der Waals surface area contributed by atoms with E-state index in [1.165, 1.54) is 0 Å². The van der Waals surface area contributed by atoms with Gasteiger partial charge in [-0.1, -0.05) is 11.6 Å². The highest BCUT2D eigenvalue weighted by Gasteiger charge is 1.94. The maximum Gasteiger partial charge on any atom is 0.119 e. The van der Waals surface area contributed by atoms with Gasteiger partial charge in [-0.05, 0) is 42.9 Å². The van der Waals surface area contributed by atoms with Crippen LogP contribution in [0.15, 0.2) is 24.3 Å². The standard InChI is InChI=1S/C12H14ClNOS/c13-11-3-5-12(6-4-11)15-8-1-2-9-16-10-7-14/h3-6H,1-2,8-10H2. The highest BCUT2D eigenvalue weighted by Crippen LogP contribution is 2.15. The minimum Gasteiger partial charge on any atom is -0.494 e. The Morgan fingerprint density at radius 2 is 2.00 bits per heavy atom. The highest BCUT2D eigenvalue weighted by atomic mass is 35.5. The molecule has 0 bridgehead atoms. The third kappa shape index (κ3) is 5.89. The Labute approximate surface area is 106 Å². The van der Waals surface area contributed by atoms with E-state index in [-0.39, 0.29) is 0 Å². The number of halogens is 1. The predicted molar refractivity (Wildman–Crippen MR) is 69.1 cm³/mol. The number of rotatable bonds is 7. The molecular weight excluding hydrogens is 242 g/mol. The first kappa shape index (κ1) is 13.2. The summed E-state index contributed by atoms with van der Waals surface area (Å²) in [4.78, 5) is 0. The van der Waals surface area contributed by atoms with Crippen LogP contribution < -0.4 is 4.74 Å². The summed E-state index contributed by atoms with van der Waals surface area (Å²) in [6.07, 6.45) is 2.10. The van der Waals surface area contributed by atoms with E-state index in [2.05, 4.69) is 6.07 Å². The van der Waals surface area contributed by atoms with Crippen LogP contribution in [0.5, 0.6) is 5.75 Å². The van der Waals surface area contributed by atoms with Crippen molar-refractivity contribution in [3.05, 3.63) is 29.3 Å². The van der Waals surface area contributed by atoms with Crippen molar-refractivity contribution in [2.24, 2.45) is 0 Å². The van der Waals surface area contributed by atoms with Crippen LogP contribution in [0, 0.1) is 11.3 Å². The van der Waals surface area contributed by atoms with Crippen molar-refractivity contribution in [1.29, 1.82) is 5.26 Å². The summed E-state index contributed by atoms with van der Waals surface area (Å²) >= 11 is 7.43. The van der Waals surface area contributed by atoms with Gasteiger partial charge in [0.1, 0.15) is 5.75 Å². The van der Waals surface area contributed by atoms with Crippen molar-refractivity contribution in [1.82, 2.24) is 0 Å². The van der Waals surface area contributed by atoms with Gasteiger partial charge in [0.05, 0.1) is 18.4 Å². The van der Waals surface area contributed by atoms with Crippen molar-refractivity contribution in [3.63, 3.8) is 0 Å². The van der Waals surface area contributed by atoms with E-state index in [4.69, 9.17) is 21.6 Å². The van der Waals surface area contributed by atoms with Crippen LogP contribution in [-0.2, 0) is 0 Å². The summed E-state index contributed by atoms with van der Waals surface area (Å²) in [5.41, 5.74) is 0. The minimum atomic E-state index is 0.581. The van der Waals surface area contributed by atoms with E-state index in [1.54, 1.807) is 11.8 Å². The smallest absolute Gasteiger partial charge is 0.119 e. The Kier molecular flexibility index (Phi) is 6.87. The van der Waals surface area contributed by atoms with Crippen molar-refractivity contribution >= 4 is 23.4 Å². The van der Waals surface area contributed by atoms with Crippen LogP contribution >= 0.6 is 23.4 Å². The fourth-order valence-electron chi connectivity index (χ4n) is 1.14. The van der Waals surface area contributed by atoms with Crippen LogP contribution in [0.25, 0.3) is 0 Å². The van der Waals surface area contributed by atoms with Crippen LogP contribution in [0.3, 0.4) is 0 Å². The Morgan fingerprint density at radius 1 is 1.25 bits per heavy atom. The van der Waals surface area contributed by atoms with E-state index in [0.29, 0.717) is 5.75 Å². The van der Waals surface area contributed by atoms with Crippen molar-refractivity contribution in [2.75, 3.05) is 18.1 Å². The second-order valence-corrected chi connectivity index (χ2v) is 4.76. The number of nitrogens with zero attached hydrogens (tertiary/aromatic N) is 1. The van der Waals surface area contributed by atoms with Gasteiger partial charge in [-0.3, -0.25) is 0 Å². The summed E-state index contributed by atoms with van der Waals surface area (Å²) in [5, 5.41) is 9.06. The average molecular weight is 256 g/mol. The van der Waals surface area contributed by atoms with Gasteiger partial charge in [0, 0.05) is 5.02 Å². The molecule has 0 fully saturated rings. The summed E-state index contributed by atoms with van der Waals surface area (Å²) in [5.74, 6) is 2.46. The normalized spacial score (nSPS) is 9.75. The lowest BCUT2D eigenvalue weighted by atomic mass is 10.3. The lowest BCUT2D eigenvalue weighted by Gasteiger charge is -2.05. The van der Waals surface area contributed by atoms with E-state index >= 15 is 0 Å². The molecule has 0 aliphatic heterocycles. The number of hydrogen-bond donors (Lipinski definition) is 0. The molecule has 0 saturated heterocycles. The van der Waals surface area contributed by atoms with Gasteiger partial charge < -0.3 is 4.74 Å². The first-order chi connectivity index (χ1) is 7.83. The molecule has 0 amide bonds. The van der Waals surface area contributed by atoms with Crippen LogP contribution in [0.4, 0.5) is 0 Å². The van der Waals surface area contributed by atoms with Crippen LogP contribution in [-0.4, -0.2) is 18.1 Å². The molecule has 86 valence electrons. The molecule has 0 unspecified atom stereocenters. The van der Waals surface area contributed by atoms with E-state index in [0.717, 1.165) is 36.0 Å². The molecule has 0 N–H and O–H groups in total. The van der Waals surface area contributed by atoms with Gasteiger partial charge in [-0.15, -0.1) is 11.8 Å². The minimum absolute atomic E-state index is 0.581. The van der Waals surface area contributed by atoms with Crippen molar-refractivity contribution in [2.45, 2.75) is 12.8 Å². The quantitative estimate of drug-likeness (QED) is 0.696. The van der Waals surface area contributed by atoms with Crippen LogP contribution in [0.1, 0.15) is 12.8 Å². The zero-order valence-electron chi connectivity index (χ0n) is 8.99. The summed E-state index contributed by atoms with van der Waals surface area (Å²) in [6.45, 7) is 0.717.